The molecule has 0 amide bonds. The van der Waals surface area contributed by atoms with Crippen molar-refractivity contribution in [3.05, 3.63) is 68.2 Å². The molecule has 4 nitrogen and oxygen atoms in total. The molecular formula is C14H11BrF2N2O2. The zero-order valence-electron chi connectivity index (χ0n) is 10.9. The fourth-order valence-corrected chi connectivity index (χ4v) is 2.23. The molecule has 7 heteroatoms. The Bertz CT molecular complexity index is 695. The Morgan fingerprint density at radius 1 is 1.19 bits per heavy atom. The molecule has 0 fully saturated rings. The van der Waals surface area contributed by atoms with Gasteiger partial charge in [0.15, 0.2) is 0 Å². The molecular weight excluding hydrogens is 346 g/mol. The lowest BCUT2D eigenvalue weighted by Crippen LogP contribution is -2.08. The zero-order valence-corrected chi connectivity index (χ0v) is 12.5. The number of nitro benzene ring substituents is 1. The molecule has 0 saturated heterocycles. The van der Waals surface area contributed by atoms with Crippen LogP contribution < -0.4 is 5.32 Å². The van der Waals surface area contributed by atoms with Crippen molar-refractivity contribution in [1.29, 1.82) is 0 Å². The van der Waals surface area contributed by atoms with Gasteiger partial charge >= 0.3 is 0 Å². The predicted octanol–water partition coefficient (Wildman–Crippen LogP) is 4.81. The first-order valence-corrected chi connectivity index (χ1v) is 6.83. The van der Waals surface area contributed by atoms with Gasteiger partial charge in [-0.1, -0.05) is 6.07 Å². The molecule has 0 heterocycles. The molecule has 0 radical (unpaired) electrons. The van der Waals surface area contributed by atoms with E-state index in [2.05, 4.69) is 21.2 Å². The van der Waals surface area contributed by atoms with Crippen LogP contribution in [-0.2, 0) is 0 Å². The lowest BCUT2D eigenvalue weighted by atomic mass is 10.1. The third-order valence-corrected chi connectivity index (χ3v) is 3.58. The fraction of sp³-hybridized carbons (Fsp3) is 0.143. The summed E-state index contributed by atoms with van der Waals surface area (Å²) >= 11 is 3.08. The number of nitrogens with zero attached hydrogens (tertiary/aromatic N) is 1. The van der Waals surface area contributed by atoms with Gasteiger partial charge in [-0.25, -0.2) is 8.78 Å². The summed E-state index contributed by atoms with van der Waals surface area (Å²) in [5.41, 5.74) is 0.540. The first-order chi connectivity index (χ1) is 9.88. The minimum atomic E-state index is -0.593. The van der Waals surface area contributed by atoms with Crippen LogP contribution in [-0.4, -0.2) is 4.92 Å². The Morgan fingerprint density at radius 3 is 2.48 bits per heavy atom. The number of nitro groups is 1. The van der Waals surface area contributed by atoms with Gasteiger partial charge in [-0.05, 0) is 46.6 Å². The summed E-state index contributed by atoms with van der Waals surface area (Å²) in [5.74, 6) is -0.985. The number of halogens is 3. The minimum Gasteiger partial charge on any atom is -0.376 e. The number of non-ortho nitro benzene ring substituents is 1. The number of anilines is 1. The summed E-state index contributed by atoms with van der Waals surface area (Å²) in [7, 11) is 0. The van der Waals surface area contributed by atoms with Crippen LogP contribution in [0.5, 0.6) is 0 Å². The van der Waals surface area contributed by atoms with E-state index >= 15 is 0 Å². The quantitative estimate of drug-likeness (QED) is 0.631. The second-order valence-electron chi connectivity index (χ2n) is 4.46. The number of rotatable bonds is 4. The van der Waals surface area contributed by atoms with E-state index in [1.54, 1.807) is 19.1 Å². The lowest BCUT2D eigenvalue weighted by molar-refractivity contribution is -0.384. The van der Waals surface area contributed by atoms with Crippen LogP contribution in [0, 0.1) is 21.7 Å². The van der Waals surface area contributed by atoms with Gasteiger partial charge in [0.05, 0.1) is 15.1 Å². The number of nitrogens with one attached hydrogen (secondary N) is 1. The molecule has 110 valence electrons. The molecule has 2 aromatic rings. The number of benzene rings is 2. The van der Waals surface area contributed by atoms with E-state index in [4.69, 9.17) is 0 Å². The molecule has 0 aliphatic carbocycles. The van der Waals surface area contributed by atoms with Crippen LogP contribution in [0.15, 0.2) is 40.9 Å². The Hall–Kier alpha value is -2.02. The first-order valence-electron chi connectivity index (χ1n) is 6.04. The summed E-state index contributed by atoms with van der Waals surface area (Å²) in [6, 6.07) is 7.34. The van der Waals surface area contributed by atoms with E-state index in [0.29, 0.717) is 10.0 Å². The van der Waals surface area contributed by atoms with Crippen molar-refractivity contribution in [3.8, 4) is 0 Å². The second-order valence-corrected chi connectivity index (χ2v) is 5.32. The largest absolute Gasteiger partial charge is 0.376 e. The van der Waals surface area contributed by atoms with Crippen molar-refractivity contribution < 1.29 is 13.7 Å². The molecule has 0 saturated carbocycles. The van der Waals surface area contributed by atoms with Crippen molar-refractivity contribution in [2.45, 2.75) is 13.0 Å². The topological polar surface area (TPSA) is 55.2 Å². The van der Waals surface area contributed by atoms with Crippen molar-refractivity contribution >= 4 is 27.3 Å². The van der Waals surface area contributed by atoms with Crippen molar-refractivity contribution in [2.24, 2.45) is 0 Å². The maximum absolute atomic E-state index is 13.7. The Kier molecular flexibility index (Phi) is 4.52. The van der Waals surface area contributed by atoms with Gasteiger partial charge in [-0.3, -0.25) is 10.1 Å². The third kappa shape index (κ3) is 3.55. The molecule has 0 spiro atoms. The maximum Gasteiger partial charge on any atom is 0.271 e. The van der Waals surface area contributed by atoms with Crippen LogP contribution in [0.25, 0.3) is 0 Å². The van der Waals surface area contributed by atoms with Crippen molar-refractivity contribution in [1.82, 2.24) is 0 Å². The van der Waals surface area contributed by atoms with Gasteiger partial charge in [-0.2, -0.15) is 0 Å². The summed E-state index contributed by atoms with van der Waals surface area (Å²) in [6.07, 6.45) is 0. The van der Waals surface area contributed by atoms with Crippen LogP contribution in [0.2, 0.25) is 0 Å². The summed E-state index contributed by atoms with van der Waals surface area (Å²) in [4.78, 5) is 10.1. The van der Waals surface area contributed by atoms with Gasteiger partial charge < -0.3 is 5.32 Å². The van der Waals surface area contributed by atoms with Crippen LogP contribution >= 0.6 is 15.9 Å². The Labute approximate surface area is 128 Å². The SMILES string of the molecule is CC(Nc1cc([N+](=O)[O-])ccc1F)c1ccc(F)c(Br)c1. The average molecular weight is 357 g/mol. The van der Waals surface area contributed by atoms with E-state index in [-0.39, 0.29) is 17.4 Å². The van der Waals surface area contributed by atoms with Crippen molar-refractivity contribution in [2.75, 3.05) is 5.32 Å². The molecule has 1 unspecified atom stereocenters. The van der Waals surface area contributed by atoms with E-state index in [1.807, 2.05) is 0 Å². The van der Waals surface area contributed by atoms with E-state index in [1.165, 1.54) is 6.07 Å². The molecule has 2 aromatic carbocycles. The van der Waals surface area contributed by atoms with Gasteiger partial charge in [0.1, 0.15) is 11.6 Å². The first kappa shape index (κ1) is 15.4. The number of hydrogen-bond donors (Lipinski definition) is 1. The Morgan fingerprint density at radius 2 is 1.86 bits per heavy atom. The highest BCUT2D eigenvalue weighted by molar-refractivity contribution is 9.10. The average Bonchev–Trinajstić information content (AvgIpc) is 2.43. The molecule has 0 bridgehead atoms. The number of hydrogen-bond acceptors (Lipinski definition) is 3. The highest BCUT2D eigenvalue weighted by atomic mass is 79.9. The van der Waals surface area contributed by atoms with Crippen LogP contribution in [0.1, 0.15) is 18.5 Å². The molecule has 21 heavy (non-hydrogen) atoms. The molecule has 1 atom stereocenters. The van der Waals surface area contributed by atoms with Crippen molar-refractivity contribution in [3.63, 3.8) is 0 Å². The molecule has 0 aromatic heterocycles. The standard InChI is InChI=1S/C14H11BrF2N2O2/c1-8(9-2-4-12(16)11(15)6-9)18-14-7-10(19(20)21)3-5-13(14)17/h2-8,18H,1H3. The smallest absolute Gasteiger partial charge is 0.271 e. The predicted molar refractivity (Wildman–Crippen MR) is 79.2 cm³/mol. The molecule has 0 aliphatic heterocycles. The molecule has 0 aliphatic rings. The monoisotopic (exact) mass is 356 g/mol. The second kappa shape index (κ2) is 6.17. The zero-order chi connectivity index (χ0) is 15.6. The summed E-state index contributed by atoms with van der Waals surface area (Å²) in [5, 5.41) is 13.6. The van der Waals surface area contributed by atoms with E-state index in [0.717, 1.165) is 18.2 Å². The van der Waals surface area contributed by atoms with Gasteiger partial charge in [0.2, 0.25) is 0 Å². The Balaban J connectivity index is 2.26. The highest BCUT2D eigenvalue weighted by Crippen LogP contribution is 2.27. The molecule has 2 rings (SSSR count). The highest BCUT2D eigenvalue weighted by Gasteiger charge is 2.14. The molecule has 1 N–H and O–H groups in total. The van der Waals surface area contributed by atoms with Crippen LogP contribution in [0.4, 0.5) is 20.2 Å². The lowest BCUT2D eigenvalue weighted by Gasteiger charge is -2.16. The van der Waals surface area contributed by atoms with E-state index in [9.17, 15) is 18.9 Å². The summed E-state index contributed by atoms with van der Waals surface area (Å²) in [6.45, 7) is 1.75. The normalized spacial score (nSPS) is 12.0. The van der Waals surface area contributed by atoms with Gasteiger partial charge in [0.25, 0.3) is 5.69 Å². The van der Waals surface area contributed by atoms with Crippen LogP contribution in [0.3, 0.4) is 0 Å². The van der Waals surface area contributed by atoms with Gasteiger partial charge in [0, 0.05) is 18.2 Å². The van der Waals surface area contributed by atoms with Gasteiger partial charge in [-0.15, -0.1) is 0 Å². The maximum atomic E-state index is 13.7. The van der Waals surface area contributed by atoms with E-state index < -0.39 is 16.6 Å². The fourth-order valence-electron chi connectivity index (χ4n) is 1.84. The summed E-state index contributed by atoms with van der Waals surface area (Å²) < 4.78 is 27.2. The third-order valence-electron chi connectivity index (χ3n) is 2.98. The minimum absolute atomic E-state index is 0.0251.